The summed E-state index contributed by atoms with van der Waals surface area (Å²) in [5.74, 6) is -0.528. The minimum atomic E-state index is -1.45. The van der Waals surface area contributed by atoms with E-state index in [1.165, 1.54) is 6.21 Å². The number of aliphatic imine (C=N–C) groups is 1. The molecule has 0 aliphatic heterocycles. The number of benzene rings is 3. The van der Waals surface area contributed by atoms with Crippen molar-refractivity contribution < 1.29 is 9.90 Å². The Labute approximate surface area is 171 Å². The second-order valence-electron chi connectivity index (χ2n) is 6.70. The van der Waals surface area contributed by atoms with Crippen molar-refractivity contribution in [3.8, 4) is 0 Å². The molecule has 0 saturated heterocycles. The van der Waals surface area contributed by atoms with Crippen LogP contribution in [0.5, 0.6) is 0 Å². The van der Waals surface area contributed by atoms with Crippen LogP contribution in [-0.4, -0.2) is 23.5 Å². The monoisotopic (exact) mass is 384 g/mol. The van der Waals surface area contributed by atoms with E-state index in [-0.39, 0.29) is 6.04 Å². The molecule has 0 bridgehead atoms. The van der Waals surface area contributed by atoms with Gasteiger partial charge in [0.1, 0.15) is 0 Å². The third-order valence-corrected chi connectivity index (χ3v) is 4.46. The molecular formula is C25H24N2O2. The van der Waals surface area contributed by atoms with Crippen molar-refractivity contribution in [3.05, 3.63) is 107 Å². The summed E-state index contributed by atoms with van der Waals surface area (Å²) in [4.78, 5) is 16.1. The Morgan fingerprint density at radius 1 is 0.828 bits per heavy atom. The zero-order valence-corrected chi connectivity index (χ0v) is 16.3. The number of hydrogen-bond acceptors (Lipinski definition) is 3. The van der Waals surface area contributed by atoms with Gasteiger partial charge in [0.05, 0.1) is 6.04 Å². The van der Waals surface area contributed by atoms with Crippen LogP contribution in [-0.2, 0) is 4.79 Å². The Morgan fingerprint density at radius 2 is 1.34 bits per heavy atom. The van der Waals surface area contributed by atoms with E-state index in [0.717, 1.165) is 22.3 Å². The van der Waals surface area contributed by atoms with Gasteiger partial charge in [0.25, 0.3) is 5.91 Å². The molecule has 0 spiro atoms. The van der Waals surface area contributed by atoms with E-state index < -0.39 is 12.1 Å². The molecule has 0 aliphatic rings. The number of aliphatic hydroxyl groups is 1. The first-order chi connectivity index (χ1) is 14.1. The van der Waals surface area contributed by atoms with E-state index in [1.54, 1.807) is 0 Å². The highest BCUT2D eigenvalue weighted by molar-refractivity contribution is 5.86. The topological polar surface area (TPSA) is 61.7 Å². The van der Waals surface area contributed by atoms with Crippen molar-refractivity contribution in [2.45, 2.75) is 19.2 Å². The zero-order chi connectivity index (χ0) is 20.5. The number of carbonyl (C=O) groups is 1. The lowest BCUT2D eigenvalue weighted by Gasteiger charge is -2.15. The summed E-state index contributed by atoms with van der Waals surface area (Å²) < 4.78 is 0. The molecule has 4 heteroatoms. The van der Waals surface area contributed by atoms with Crippen molar-refractivity contribution in [2.24, 2.45) is 4.99 Å². The van der Waals surface area contributed by atoms with Crippen LogP contribution in [0.1, 0.15) is 35.2 Å². The van der Waals surface area contributed by atoms with Crippen LogP contribution in [0.3, 0.4) is 0 Å². The molecule has 2 N–H and O–H groups in total. The van der Waals surface area contributed by atoms with Gasteiger partial charge in [-0.3, -0.25) is 9.79 Å². The normalized spacial score (nSPS) is 13.4. The van der Waals surface area contributed by atoms with Crippen LogP contribution in [0.4, 0.5) is 0 Å². The lowest BCUT2D eigenvalue weighted by Crippen LogP contribution is -2.35. The Kier molecular flexibility index (Phi) is 7.09. The summed E-state index contributed by atoms with van der Waals surface area (Å²) in [5, 5.41) is 12.8. The average Bonchev–Trinajstić information content (AvgIpc) is 2.78. The van der Waals surface area contributed by atoms with Gasteiger partial charge < -0.3 is 10.4 Å². The number of nitrogens with zero attached hydrogens (tertiary/aromatic N) is 1. The van der Waals surface area contributed by atoms with Crippen LogP contribution < -0.4 is 5.32 Å². The van der Waals surface area contributed by atoms with Gasteiger partial charge in [0, 0.05) is 6.21 Å². The molecular weight excluding hydrogens is 360 g/mol. The second kappa shape index (κ2) is 10.2. The summed E-state index contributed by atoms with van der Waals surface area (Å²) >= 11 is 0. The van der Waals surface area contributed by atoms with Crippen LogP contribution in [0.25, 0.3) is 12.2 Å². The number of aliphatic hydroxyl groups excluding tert-OH is 1. The first-order valence-electron chi connectivity index (χ1n) is 9.51. The molecule has 0 fully saturated rings. The number of carbonyl (C=O) groups excluding carboxylic acids is 1. The van der Waals surface area contributed by atoms with Crippen molar-refractivity contribution in [1.29, 1.82) is 0 Å². The van der Waals surface area contributed by atoms with E-state index in [4.69, 9.17) is 0 Å². The highest BCUT2D eigenvalue weighted by atomic mass is 16.3. The Morgan fingerprint density at radius 3 is 1.97 bits per heavy atom. The molecule has 146 valence electrons. The minimum Gasteiger partial charge on any atom is -0.364 e. The van der Waals surface area contributed by atoms with Crippen molar-refractivity contribution in [1.82, 2.24) is 5.32 Å². The Balaban J connectivity index is 1.55. The fourth-order valence-electron chi connectivity index (χ4n) is 2.79. The van der Waals surface area contributed by atoms with Crippen LogP contribution in [0.2, 0.25) is 0 Å². The fraction of sp³-hybridized carbons (Fsp3) is 0.120. The number of hydrogen-bond donors (Lipinski definition) is 2. The quantitative estimate of drug-likeness (QED) is 0.466. The predicted octanol–water partition coefficient (Wildman–Crippen LogP) is 4.47. The SMILES string of the molecule is CC(NC(=O)C(O)/N=C/c1ccc(/C=C/c2ccccc2)cc1)c1ccccc1. The standard InChI is InChI=1S/C25H24N2O2/c1-19(23-10-6-3-7-11-23)27-25(29)24(28)26-18-22-16-14-21(15-17-22)13-12-20-8-4-2-5-9-20/h2-19,24,28H,1H3,(H,27,29)/b13-12+,26-18+. The predicted molar refractivity (Wildman–Crippen MR) is 118 cm³/mol. The van der Waals surface area contributed by atoms with Crippen molar-refractivity contribution >= 4 is 24.3 Å². The van der Waals surface area contributed by atoms with Crippen LogP contribution in [0.15, 0.2) is 89.9 Å². The van der Waals surface area contributed by atoms with Crippen molar-refractivity contribution in [3.63, 3.8) is 0 Å². The molecule has 0 aromatic heterocycles. The van der Waals surface area contributed by atoms with E-state index in [2.05, 4.69) is 10.3 Å². The molecule has 2 unspecified atom stereocenters. The van der Waals surface area contributed by atoms with Gasteiger partial charge in [0.15, 0.2) is 0 Å². The van der Waals surface area contributed by atoms with Gasteiger partial charge in [-0.05, 0) is 29.2 Å². The smallest absolute Gasteiger partial charge is 0.272 e. The van der Waals surface area contributed by atoms with E-state index in [9.17, 15) is 9.90 Å². The molecule has 3 aromatic carbocycles. The molecule has 0 radical (unpaired) electrons. The first kappa shape index (κ1) is 20.2. The van der Waals surface area contributed by atoms with Gasteiger partial charge in [-0.15, -0.1) is 0 Å². The summed E-state index contributed by atoms with van der Waals surface area (Å²) in [6.45, 7) is 1.87. The van der Waals surface area contributed by atoms with Gasteiger partial charge in [-0.1, -0.05) is 97.1 Å². The van der Waals surface area contributed by atoms with Crippen molar-refractivity contribution in [2.75, 3.05) is 0 Å². The maximum Gasteiger partial charge on any atom is 0.272 e. The summed E-state index contributed by atoms with van der Waals surface area (Å²) in [6, 6.07) is 27.2. The number of rotatable bonds is 7. The molecule has 29 heavy (non-hydrogen) atoms. The summed E-state index contributed by atoms with van der Waals surface area (Å²) in [7, 11) is 0. The molecule has 0 aliphatic carbocycles. The van der Waals surface area contributed by atoms with Gasteiger partial charge in [0.2, 0.25) is 6.23 Å². The zero-order valence-electron chi connectivity index (χ0n) is 16.3. The number of amides is 1. The summed E-state index contributed by atoms with van der Waals surface area (Å²) in [6.07, 6.45) is 4.13. The Bertz CT molecular complexity index is 965. The summed E-state index contributed by atoms with van der Waals surface area (Å²) in [5.41, 5.74) is 3.97. The highest BCUT2D eigenvalue weighted by Gasteiger charge is 2.16. The van der Waals surface area contributed by atoms with E-state index >= 15 is 0 Å². The van der Waals surface area contributed by atoms with Gasteiger partial charge >= 0.3 is 0 Å². The molecule has 4 nitrogen and oxygen atoms in total. The first-order valence-corrected chi connectivity index (χ1v) is 9.51. The Hall–Kier alpha value is -3.50. The molecule has 3 rings (SSSR count). The molecule has 0 saturated carbocycles. The molecule has 1 amide bonds. The molecule has 3 aromatic rings. The van der Waals surface area contributed by atoms with Gasteiger partial charge in [-0.2, -0.15) is 0 Å². The minimum absolute atomic E-state index is 0.204. The molecule has 0 heterocycles. The number of nitrogens with one attached hydrogen (secondary N) is 1. The maximum absolute atomic E-state index is 12.1. The average molecular weight is 384 g/mol. The molecule has 2 atom stereocenters. The van der Waals surface area contributed by atoms with E-state index in [1.807, 2.05) is 104 Å². The van der Waals surface area contributed by atoms with Crippen LogP contribution in [0, 0.1) is 0 Å². The third kappa shape index (κ3) is 6.26. The largest absolute Gasteiger partial charge is 0.364 e. The second-order valence-corrected chi connectivity index (χ2v) is 6.70. The highest BCUT2D eigenvalue weighted by Crippen LogP contribution is 2.12. The fourth-order valence-corrected chi connectivity index (χ4v) is 2.79. The lowest BCUT2D eigenvalue weighted by molar-refractivity contribution is -0.129. The van der Waals surface area contributed by atoms with Gasteiger partial charge in [-0.25, -0.2) is 0 Å². The third-order valence-electron chi connectivity index (χ3n) is 4.46. The maximum atomic E-state index is 12.1. The van der Waals surface area contributed by atoms with E-state index in [0.29, 0.717) is 0 Å². The lowest BCUT2D eigenvalue weighted by atomic mass is 10.1. The van der Waals surface area contributed by atoms with Crippen LogP contribution >= 0.6 is 0 Å².